The van der Waals surface area contributed by atoms with Gasteiger partial charge in [0.25, 0.3) is 0 Å². The van der Waals surface area contributed by atoms with Crippen LogP contribution < -0.4 is 11.1 Å². The van der Waals surface area contributed by atoms with Gasteiger partial charge in [0, 0.05) is 13.0 Å². The van der Waals surface area contributed by atoms with Crippen molar-refractivity contribution in [1.29, 1.82) is 0 Å². The van der Waals surface area contributed by atoms with Crippen molar-refractivity contribution < 1.29 is 9.53 Å². The summed E-state index contributed by atoms with van der Waals surface area (Å²) in [5.41, 5.74) is 7.29. The van der Waals surface area contributed by atoms with Gasteiger partial charge in [0.2, 0.25) is 0 Å². The lowest BCUT2D eigenvalue weighted by atomic mass is 10.2. The van der Waals surface area contributed by atoms with E-state index in [1.54, 1.807) is 12.1 Å². The van der Waals surface area contributed by atoms with Gasteiger partial charge >= 0.3 is 6.09 Å². The van der Waals surface area contributed by atoms with E-state index in [1.807, 2.05) is 27.7 Å². The monoisotopic (exact) mass is 275 g/mol. The molecule has 1 aromatic heterocycles. The second-order valence-electron chi connectivity index (χ2n) is 5.35. The maximum atomic E-state index is 11.4. The number of nitrogen functional groups attached to an aromatic ring is 1. The molecule has 3 N–H and O–H groups in total. The van der Waals surface area contributed by atoms with Crippen LogP contribution in [0.5, 0.6) is 0 Å². The number of hydrogen-bond acceptors (Lipinski definition) is 4. The molecule has 0 radical (unpaired) electrons. The molecule has 0 aliphatic carbocycles. The summed E-state index contributed by atoms with van der Waals surface area (Å²) in [6.45, 7) is 7.74. The van der Waals surface area contributed by atoms with Crippen LogP contribution in [0, 0.1) is 18.8 Å². The van der Waals surface area contributed by atoms with Gasteiger partial charge in [-0.1, -0.05) is 5.92 Å². The van der Waals surface area contributed by atoms with E-state index in [1.165, 1.54) is 0 Å². The van der Waals surface area contributed by atoms with Crippen LogP contribution in [-0.4, -0.2) is 23.2 Å². The SMILES string of the molecule is Cc1nc(C#CCCNC(=O)OC(C)(C)C)ccc1N. The van der Waals surface area contributed by atoms with Crippen molar-refractivity contribution in [3.63, 3.8) is 0 Å². The average molecular weight is 275 g/mol. The van der Waals surface area contributed by atoms with E-state index in [9.17, 15) is 4.79 Å². The zero-order valence-electron chi connectivity index (χ0n) is 12.4. The normalized spacial score (nSPS) is 10.4. The van der Waals surface area contributed by atoms with Crippen LogP contribution in [0.2, 0.25) is 0 Å². The van der Waals surface area contributed by atoms with E-state index in [0.717, 1.165) is 5.69 Å². The first-order valence-electron chi connectivity index (χ1n) is 6.47. The first-order chi connectivity index (χ1) is 9.28. The van der Waals surface area contributed by atoms with Crippen LogP contribution in [0.25, 0.3) is 0 Å². The van der Waals surface area contributed by atoms with Crippen molar-refractivity contribution in [3.8, 4) is 11.8 Å². The Kier molecular flexibility index (Phi) is 5.39. The maximum absolute atomic E-state index is 11.4. The molecule has 0 aliphatic heterocycles. The van der Waals surface area contributed by atoms with Gasteiger partial charge < -0.3 is 15.8 Å². The molecule has 0 saturated carbocycles. The molecular weight excluding hydrogens is 254 g/mol. The number of carbonyl (C=O) groups is 1. The van der Waals surface area contributed by atoms with E-state index >= 15 is 0 Å². The molecule has 0 atom stereocenters. The Balaban J connectivity index is 2.36. The number of aromatic nitrogens is 1. The fourth-order valence-corrected chi connectivity index (χ4v) is 1.34. The van der Waals surface area contributed by atoms with E-state index in [4.69, 9.17) is 10.5 Å². The summed E-state index contributed by atoms with van der Waals surface area (Å²) < 4.78 is 5.11. The predicted octanol–water partition coefficient (Wildman–Crippen LogP) is 2.24. The number of alkyl carbamates (subject to hydrolysis) is 1. The first kappa shape index (κ1) is 15.8. The number of anilines is 1. The molecule has 0 saturated heterocycles. The summed E-state index contributed by atoms with van der Waals surface area (Å²) in [5, 5.41) is 2.64. The summed E-state index contributed by atoms with van der Waals surface area (Å²) in [6, 6.07) is 3.56. The second kappa shape index (κ2) is 6.80. The fraction of sp³-hybridized carbons (Fsp3) is 0.467. The topological polar surface area (TPSA) is 77.2 Å². The van der Waals surface area contributed by atoms with E-state index < -0.39 is 11.7 Å². The van der Waals surface area contributed by atoms with Crippen molar-refractivity contribution in [2.24, 2.45) is 0 Å². The second-order valence-corrected chi connectivity index (χ2v) is 5.35. The zero-order valence-corrected chi connectivity index (χ0v) is 12.4. The van der Waals surface area contributed by atoms with E-state index in [-0.39, 0.29) is 0 Å². The standard InChI is InChI=1S/C15H21N3O2/c1-11-13(16)9-8-12(18-11)7-5-6-10-17-14(19)20-15(2,3)4/h8-9H,6,10,16H2,1-4H3,(H,17,19). The summed E-state index contributed by atoms with van der Waals surface area (Å²) in [5.74, 6) is 5.87. The highest BCUT2D eigenvalue weighted by atomic mass is 16.6. The largest absolute Gasteiger partial charge is 0.444 e. The number of hydrogen-bond donors (Lipinski definition) is 2. The number of nitrogens with zero attached hydrogens (tertiary/aromatic N) is 1. The Morgan fingerprint density at radius 3 is 2.75 bits per heavy atom. The number of nitrogens with two attached hydrogens (primary N) is 1. The third-order valence-corrected chi connectivity index (χ3v) is 2.26. The number of aryl methyl sites for hydroxylation is 1. The molecular formula is C15H21N3O2. The fourth-order valence-electron chi connectivity index (χ4n) is 1.34. The molecule has 0 spiro atoms. The molecule has 0 aromatic carbocycles. The van der Waals surface area contributed by atoms with E-state index in [2.05, 4.69) is 22.1 Å². The quantitative estimate of drug-likeness (QED) is 0.641. The van der Waals surface area contributed by atoms with Crippen molar-refractivity contribution in [2.45, 2.75) is 39.7 Å². The molecule has 1 heterocycles. The molecule has 20 heavy (non-hydrogen) atoms. The number of amides is 1. The summed E-state index contributed by atoms with van der Waals surface area (Å²) in [7, 11) is 0. The van der Waals surface area contributed by atoms with Crippen molar-refractivity contribution in [3.05, 3.63) is 23.5 Å². The molecule has 0 fully saturated rings. The van der Waals surface area contributed by atoms with Crippen LogP contribution in [-0.2, 0) is 4.74 Å². The van der Waals surface area contributed by atoms with Gasteiger partial charge in [0.15, 0.2) is 0 Å². The van der Waals surface area contributed by atoms with Crippen molar-refractivity contribution >= 4 is 11.8 Å². The van der Waals surface area contributed by atoms with Gasteiger partial charge in [0.1, 0.15) is 11.3 Å². The van der Waals surface area contributed by atoms with Crippen LogP contribution in [0.3, 0.4) is 0 Å². The van der Waals surface area contributed by atoms with Gasteiger partial charge in [-0.25, -0.2) is 9.78 Å². The lowest BCUT2D eigenvalue weighted by molar-refractivity contribution is 0.0529. The molecule has 5 nitrogen and oxygen atoms in total. The highest BCUT2D eigenvalue weighted by Gasteiger charge is 2.15. The Morgan fingerprint density at radius 2 is 2.15 bits per heavy atom. The number of rotatable bonds is 2. The highest BCUT2D eigenvalue weighted by Crippen LogP contribution is 2.07. The van der Waals surface area contributed by atoms with Gasteiger partial charge in [-0.3, -0.25) is 0 Å². The van der Waals surface area contributed by atoms with Gasteiger partial charge in [-0.05, 0) is 45.7 Å². The predicted molar refractivity (Wildman–Crippen MR) is 79.1 cm³/mol. The third-order valence-electron chi connectivity index (χ3n) is 2.26. The average Bonchev–Trinajstić information content (AvgIpc) is 2.31. The lowest BCUT2D eigenvalue weighted by Gasteiger charge is -2.19. The Labute approximate surface area is 119 Å². The number of carbonyl (C=O) groups excluding carboxylic acids is 1. The Hall–Kier alpha value is -2.22. The van der Waals surface area contributed by atoms with E-state index in [0.29, 0.717) is 24.3 Å². The third kappa shape index (κ3) is 6.10. The smallest absolute Gasteiger partial charge is 0.407 e. The minimum atomic E-state index is -0.485. The minimum absolute atomic E-state index is 0.430. The van der Waals surface area contributed by atoms with Crippen LogP contribution >= 0.6 is 0 Å². The molecule has 1 aromatic rings. The Bertz CT molecular complexity index is 536. The Morgan fingerprint density at radius 1 is 1.45 bits per heavy atom. The lowest BCUT2D eigenvalue weighted by Crippen LogP contribution is -2.32. The first-order valence-corrected chi connectivity index (χ1v) is 6.47. The van der Waals surface area contributed by atoms with Crippen LogP contribution in [0.4, 0.5) is 10.5 Å². The molecule has 0 unspecified atom stereocenters. The molecule has 1 rings (SSSR count). The summed E-state index contributed by atoms with van der Waals surface area (Å²) in [4.78, 5) is 15.6. The molecule has 1 amide bonds. The minimum Gasteiger partial charge on any atom is -0.444 e. The van der Waals surface area contributed by atoms with Gasteiger partial charge in [0.05, 0.1) is 11.4 Å². The van der Waals surface area contributed by atoms with Gasteiger partial charge in [-0.2, -0.15) is 0 Å². The number of pyridine rings is 1. The summed E-state index contributed by atoms with van der Waals surface area (Å²) >= 11 is 0. The zero-order chi connectivity index (χ0) is 15.2. The van der Waals surface area contributed by atoms with Crippen LogP contribution in [0.1, 0.15) is 38.6 Å². The molecule has 108 valence electrons. The molecule has 0 aliphatic rings. The van der Waals surface area contributed by atoms with Gasteiger partial charge in [-0.15, -0.1) is 0 Å². The number of ether oxygens (including phenoxy) is 1. The summed E-state index contributed by atoms with van der Waals surface area (Å²) in [6.07, 6.45) is 0.102. The molecule has 0 bridgehead atoms. The van der Waals surface area contributed by atoms with Crippen molar-refractivity contribution in [1.82, 2.24) is 10.3 Å². The maximum Gasteiger partial charge on any atom is 0.407 e. The number of nitrogens with one attached hydrogen (secondary N) is 1. The highest BCUT2D eigenvalue weighted by molar-refractivity contribution is 5.67. The molecule has 5 heteroatoms. The van der Waals surface area contributed by atoms with Crippen LogP contribution in [0.15, 0.2) is 12.1 Å². The van der Waals surface area contributed by atoms with Crippen molar-refractivity contribution in [2.75, 3.05) is 12.3 Å².